The van der Waals surface area contributed by atoms with E-state index < -0.39 is 0 Å². The predicted molar refractivity (Wildman–Crippen MR) is 119 cm³/mol. The van der Waals surface area contributed by atoms with Gasteiger partial charge in [0, 0.05) is 13.0 Å². The van der Waals surface area contributed by atoms with Crippen LogP contribution in [0.2, 0.25) is 0 Å². The quantitative estimate of drug-likeness (QED) is 0.499. The van der Waals surface area contributed by atoms with Crippen molar-refractivity contribution in [1.29, 1.82) is 0 Å². The number of rotatable bonds is 6. The average molecular weight is 427 g/mol. The zero-order valence-corrected chi connectivity index (χ0v) is 18.0. The van der Waals surface area contributed by atoms with Gasteiger partial charge in [-0.15, -0.1) is 0 Å². The molecule has 1 saturated carbocycles. The number of hydrogen-bond donors (Lipinski definition) is 3. The van der Waals surface area contributed by atoms with Crippen molar-refractivity contribution in [2.75, 3.05) is 10.6 Å². The number of thiazole rings is 1. The minimum atomic E-state index is -0.321. The van der Waals surface area contributed by atoms with E-state index in [-0.39, 0.29) is 24.7 Å². The molecule has 1 fully saturated rings. The van der Waals surface area contributed by atoms with E-state index in [1.54, 1.807) is 11.3 Å². The van der Waals surface area contributed by atoms with E-state index in [9.17, 15) is 9.90 Å². The zero-order valence-electron chi connectivity index (χ0n) is 17.1. The summed E-state index contributed by atoms with van der Waals surface area (Å²) in [6.45, 7) is 3.65. The molecule has 8 heteroatoms. The van der Waals surface area contributed by atoms with Crippen LogP contribution < -0.4 is 10.6 Å². The second-order valence-corrected chi connectivity index (χ2v) is 8.82. The molecule has 0 radical (unpaired) electrons. The summed E-state index contributed by atoms with van der Waals surface area (Å²) in [5, 5.41) is 17.3. The molecular formula is C22H26N4O3S. The van der Waals surface area contributed by atoms with Crippen LogP contribution in [-0.4, -0.2) is 33.2 Å². The minimum absolute atomic E-state index is 0.184. The number of benzene rings is 1. The maximum Gasteiger partial charge on any atom is 0.302 e. The van der Waals surface area contributed by atoms with Crippen molar-refractivity contribution in [3.8, 4) is 0 Å². The number of aliphatic hydroxyl groups excluding tert-OH is 1. The third kappa shape index (κ3) is 5.25. The number of nitrogens with zero attached hydrogens (tertiary/aromatic N) is 2. The van der Waals surface area contributed by atoms with Gasteiger partial charge in [-0.1, -0.05) is 17.4 Å². The summed E-state index contributed by atoms with van der Waals surface area (Å²) in [7, 11) is 0. The second-order valence-electron chi connectivity index (χ2n) is 7.79. The van der Waals surface area contributed by atoms with E-state index in [2.05, 4.69) is 28.6 Å². The van der Waals surface area contributed by atoms with Gasteiger partial charge in [0.1, 0.15) is 18.2 Å². The molecule has 158 valence electrons. The molecule has 1 aromatic carbocycles. The highest BCUT2D eigenvalue weighted by Crippen LogP contribution is 2.30. The van der Waals surface area contributed by atoms with Crippen molar-refractivity contribution in [2.24, 2.45) is 0 Å². The molecule has 1 aliphatic rings. The van der Waals surface area contributed by atoms with Gasteiger partial charge in [-0.05, 0) is 68.0 Å². The van der Waals surface area contributed by atoms with Crippen LogP contribution in [0.15, 0.2) is 30.3 Å². The lowest BCUT2D eigenvalue weighted by Crippen LogP contribution is -2.28. The molecule has 0 saturated heterocycles. The maximum atomic E-state index is 11.3. The normalized spacial score (nSPS) is 18.9. The summed E-state index contributed by atoms with van der Waals surface area (Å²) < 4.78 is 6.30. The number of carbonyl (C=O) groups is 1. The number of ether oxygens (including phenoxy) is 1. The van der Waals surface area contributed by atoms with Gasteiger partial charge in [0.05, 0.1) is 16.3 Å². The van der Waals surface area contributed by atoms with Gasteiger partial charge in [0.2, 0.25) is 0 Å². The van der Waals surface area contributed by atoms with Gasteiger partial charge in [0.25, 0.3) is 0 Å². The topological polar surface area (TPSA) is 96.4 Å². The molecule has 30 heavy (non-hydrogen) atoms. The van der Waals surface area contributed by atoms with Crippen LogP contribution in [0.3, 0.4) is 0 Å². The molecule has 0 amide bonds. The van der Waals surface area contributed by atoms with Crippen molar-refractivity contribution in [3.63, 3.8) is 0 Å². The SMILES string of the molecule is CC(=O)OCc1cc(Nc2nc3ccc(C)cc3s2)nc(NC2CCC(O)CC2)c1. The first-order chi connectivity index (χ1) is 14.4. The molecule has 0 bridgehead atoms. The molecule has 7 nitrogen and oxygen atoms in total. The highest BCUT2D eigenvalue weighted by atomic mass is 32.1. The number of pyridine rings is 1. The summed E-state index contributed by atoms with van der Waals surface area (Å²) in [5.74, 6) is 1.05. The fourth-order valence-electron chi connectivity index (χ4n) is 3.62. The van der Waals surface area contributed by atoms with Crippen LogP contribution in [0.4, 0.5) is 16.8 Å². The van der Waals surface area contributed by atoms with Crippen molar-refractivity contribution in [2.45, 2.75) is 58.3 Å². The van der Waals surface area contributed by atoms with E-state index in [0.29, 0.717) is 5.82 Å². The number of anilines is 3. The van der Waals surface area contributed by atoms with Crippen molar-refractivity contribution >= 4 is 44.3 Å². The number of hydrogen-bond acceptors (Lipinski definition) is 8. The molecule has 1 aliphatic carbocycles. The van der Waals surface area contributed by atoms with Gasteiger partial charge in [-0.25, -0.2) is 9.97 Å². The smallest absolute Gasteiger partial charge is 0.302 e. The molecule has 0 spiro atoms. The average Bonchev–Trinajstić information content (AvgIpc) is 3.09. The lowest BCUT2D eigenvalue weighted by atomic mass is 9.93. The third-order valence-corrected chi connectivity index (χ3v) is 6.09. The Kier molecular flexibility index (Phi) is 6.15. The Hall–Kier alpha value is -2.71. The lowest BCUT2D eigenvalue weighted by Gasteiger charge is -2.26. The van der Waals surface area contributed by atoms with Crippen molar-refractivity contribution in [1.82, 2.24) is 9.97 Å². The molecule has 3 aromatic rings. The largest absolute Gasteiger partial charge is 0.461 e. The number of carbonyl (C=O) groups excluding carboxylic acids is 1. The Balaban J connectivity index is 1.56. The predicted octanol–water partition coefficient (Wildman–Crippen LogP) is 4.52. The fraction of sp³-hybridized carbons (Fsp3) is 0.409. The molecule has 2 heterocycles. The summed E-state index contributed by atoms with van der Waals surface area (Å²) >= 11 is 1.58. The third-order valence-electron chi connectivity index (χ3n) is 5.15. The minimum Gasteiger partial charge on any atom is -0.461 e. The molecule has 0 unspecified atom stereocenters. The lowest BCUT2D eigenvalue weighted by molar-refractivity contribution is -0.142. The number of aliphatic hydroxyl groups is 1. The Morgan fingerprint density at radius 2 is 1.93 bits per heavy atom. The van der Waals surface area contributed by atoms with Gasteiger partial charge >= 0.3 is 5.97 Å². The molecule has 0 aliphatic heterocycles. The summed E-state index contributed by atoms with van der Waals surface area (Å²) in [4.78, 5) is 20.6. The highest BCUT2D eigenvalue weighted by molar-refractivity contribution is 7.22. The number of aryl methyl sites for hydroxylation is 1. The Bertz CT molecular complexity index is 1040. The first-order valence-corrected chi connectivity index (χ1v) is 11.0. The molecule has 2 aromatic heterocycles. The molecule has 4 rings (SSSR count). The van der Waals surface area contributed by atoms with Crippen LogP contribution in [0, 0.1) is 6.92 Å². The first-order valence-electron chi connectivity index (χ1n) is 10.2. The van der Waals surface area contributed by atoms with Gasteiger partial charge in [-0.3, -0.25) is 4.79 Å². The van der Waals surface area contributed by atoms with E-state index in [0.717, 1.165) is 52.4 Å². The summed E-state index contributed by atoms with van der Waals surface area (Å²) in [6.07, 6.45) is 3.18. The number of esters is 1. The van der Waals surface area contributed by atoms with Gasteiger partial charge in [0.15, 0.2) is 5.13 Å². The van der Waals surface area contributed by atoms with Crippen LogP contribution in [0.1, 0.15) is 43.7 Å². The highest BCUT2D eigenvalue weighted by Gasteiger charge is 2.20. The van der Waals surface area contributed by atoms with Crippen molar-refractivity contribution < 1.29 is 14.6 Å². The molecular weight excluding hydrogens is 400 g/mol. The van der Waals surface area contributed by atoms with Crippen LogP contribution in [-0.2, 0) is 16.1 Å². The maximum absolute atomic E-state index is 11.3. The van der Waals surface area contributed by atoms with E-state index >= 15 is 0 Å². The molecule has 0 atom stereocenters. The molecule has 3 N–H and O–H groups in total. The van der Waals surface area contributed by atoms with Crippen LogP contribution in [0.25, 0.3) is 10.2 Å². The number of aromatic nitrogens is 2. The Morgan fingerprint density at radius 3 is 2.70 bits per heavy atom. The second kappa shape index (κ2) is 8.97. The zero-order chi connectivity index (χ0) is 21.1. The standard InChI is InChI=1S/C22H26N4O3S/c1-13-3-8-18-19(9-13)30-22(24-18)26-21-11-15(12-29-14(2)27)10-20(25-21)23-16-4-6-17(28)7-5-16/h3,8-11,16-17,28H,4-7,12H2,1-2H3,(H2,23,24,25,26). The Labute approximate surface area is 179 Å². The Morgan fingerprint density at radius 1 is 1.17 bits per heavy atom. The summed E-state index contributed by atoms with van der Waals surface area (Å²) in [5.41, 5.74) is 2.99. The number of fused-ring (bicyclic) bond motifs is 1. The fourth-order valence-corrected chi connectivity index (χ4v) is 4.59. The van der Waals surface area contributed by atoms with E-state index in [1.807, 2.05) is 24.3 Å². The monoisotopic (exact) mass is 426 g/mol. The van der Waals surface area contributed by atoms with E-state index in [1.165, 1.54) is 12.5 Å². The van der Waals surface area contributed by atoms with E-state index in [4.69, 9.17) is 9.72 Å². The van der Waals surface area contributed by atoms with Gasteiger partial charge in [-0.2, -0.15) is 0 Å². The summed E-state index contributed by atoms with van der Waals surface area (Å²) in [6, 6.07) is 10.2. The van der Waals surface area contributed by atoms with Crippen molar-refractivity contribution in [3.05, 3.63) is 41.5 Å². The van der Waals surface area contributed by atoms with Crippen LogP contribution in [0.5, 0.6) is 0 Å². The van der Waals surface area contributed by atoms with Gasteiger partial charge < -0.3 is 20.5 Å². The number of nitrogens with one attached hydrogen (secondary N) is 2. The first kappa shape index (κ1) is 20.6. The van der Waals surface area contributed by atoms with Crippen LogP contribution >= 0.6 is 11.3 Å².